The molecule has 0 spiro atoms. The second kappa shape index (κ2) is 7.79. The third-order valence-electron chi connectivity index (χ3n) is 3.20. The van der Waals surface area contributed by atoms with Gasteiger partial charge in [-0.25, -0.2) is 9.97 Å². The van der Waals surface area contributed by atoms with Crippen LogP contribution >= 0.6 is 34.7 Å². The van der Waals surface area contributed by atoms with Gasteiger partial charge < -0.3 is 4.74 Å². The lowest BCUT2D eigenvalue weighted by Crippen LogP contribution is -2.00. The van der Waals surface area contributed by atoms with Crippen molar-refractivity contribution >= 4 is 40.5 Å². The highest BCUT2D eigenvalue weighted by atomic mass is 35.5. The van der Waals surface area contributed by atoms with Crippen LogP contribution in [0.4, 0.5) is 0 Å². The topological polar surface area (TPSA) is 52.1 Å². The zero-order chi connectivity index (χ0) is 16.9. The van der Waals surface area contributed by atoms with Gasteiger partial charge in [-0.15, -0.1) is 11.3 Å². The van der Waals surface area contributed by atoms with Gasteiger partial charge in [-0.3, -0.25) is 4.79 Å². The van der Waals surface area contributed by atoms with E-state index in [2.05, 4.69) is 9.97 Å². The first kappa shape index (κ1) is 17.0. The van der Waals surface area contributed by atoms with Crippen LogP contribution in [0.15, 0.2) is 53.8 Å². The number of ether oxygens (including phenoxy) is 1. The van der Waals surface area contributed by atoms with E-state index in [0.29, 0.717) is 14.4 Å². The summed E-state index contributed by atoms with van der Waals surface area (Å²) in [6, 6.07) is 13.0. The number of hydrogen-bond acceptors (Lipinski definition) is 6. The summed E-state index contributed by atoms with van der Waals surface area (Å²) < 4.78 is 5.77. The number of carbonyl (C=O) groups excluding carboxylic acids is 1. The van der Waals surface area contributed by atoms with E-state index in [1.54, 1.807) is 25.4 Å². The average Bonchev–Trinajstić information content (AvgIpc) is 3.06. The van der Waals surface area contributed by atoms with Crippen molar-refractivity contribution in [3.63, 3.8) is 0 Å². The molecule has 0 N–H and O–H groups in total. The molecule has 2 aromatic heterocycles. The van der Waals surface area contributed by atoms with Crippen LogP contribution in [-0.2, 0) is 0 Å². The summed E-state index contributed by atoms with van der Waals surface area (Å²) in [6.45, 7) is 0. The Kier molecular flexibility index (Phi) is 5.50. The molecule has 3 rings (SSSR count). The number of aromatic nitrogens is 2. The molecule has 24 heavy (non-hydrogen) atoms. The molecule has 7 heteroatoms. The first-order chi connectivity index (χ1) is 11.7. The minimum Gasteiger partial charge on any atom is -0.497 e. The van der Waals surface area contributed by atoms with Gasteiger partial charge in [0.1, 0.15) is 5.75 Å². The molecular formula is C17H13ClN2O2S2. The van der Waals surface area contributed by atoms with Gasteiger partial charge >= 0.3 is 0 Å². The first-order valence-electron chi connectivity index (χ1n) is 7.04. The van der Waals surface area contributed by atoms with Crippen molar-refractivity contribution < 1.29 is 9.53 Å². The van der Waals surface area contributed by atoms with E-state index in [-0.39, 0.29) is 11.5 Å². The molecule has 0 fully saturated rings. The Morgan fingerprint density at radius 2 is 2.00 bits per heavy atom. The largest absolute Gasteiger partial charge is 0.497 e. The number of Topliss-reactive ketones (excluding diaryl/α,β-unsaturated/α-hetero) is 1. The van der Waals surface area contributed by atoms with Crippen molar-refractivity contribution in [1.29, 1.82) is 0 Å². The maximum absolute atomic E-state index is 12.1. The van der Waals surface area contributed by atoms with E-state index in [1.165, 1.54) is 23.1 Å². The molecule has 0 atom stereocenters. The van der Waals surface area contributed by atoms with Crippen LogP contribution < -0.4 is 4.74 Å². The lowest BCUT2D eigenvalue weighted by Gasteiger charge is -2.05. The fourth-order valence-corrected chi connectivity index (χ4v) is 3.78. The second-order valence-electron chi connectivity index (χ2n) is 4.77. The molecule has 122 valence electrons. The smallest absolute Gasteiger partial charge is 0.188 e. The van der Waals surface area contributed by atoms with E-state index in [0.717, 1.165) is 17.0 Å². The molecular weight excluding hydrogens is 364 g/mol. The Morgan fingerprint density at radius 3 is 2.67 bits per heavy atom. The molecule has 0 unspecified atom stereocenters. The molecule has 0 saturated heterocycles. The van der Waals surface area contributed by atoms with Crippen molar-refractivity contribution in [2.75, 3.05) is 12.9 Å². The Hall–Kier alpha value is -1.89. The Morgan fingerprint density at radius 1 is 1.21 bits per heavy atom. The zero-order valence-corrected chi connectivity index (χ0v) is 15.1. The number of benzene rings is 1. The number of thioether (sulfide) groups is 1. The molecule has 0 aliphatic rings. The summed E-state index contributed by atoms with van der Waals surface area (Å²) in [6.07, 6.45) is 1.70. The zero-order valence-electron chi connectivity index (χ0n) is 12.7. The van der Waals surface area contributed by atoms with E-state index < -0.39 is 0 Å². The lowest BCUT2D eigenvalue weighted by molar-refractivity contribution is 0.102. The van der Waals surface area contributed by atoms with Crippen LogP contribution in [0.3, 0.4) is 0 Å². The molecule has 0 aliphatic carbocycles. The van der Waals surface area contributed by atoms with Crippen LogP contribution in [0.25, 0.3) is 11.3 Å². The maximum atomic E-state index is 12.1. The van der Waals surface area contributed by atoms with Crippen molar-refractivity contribution in [3.8, 4) is 17.0 Å². The predicted molar refractivity (Wildman–Crippen MR) is 98.4 cm³/mol. The van der Waals surface area contributed by atoms with Crippen molar-refractivity contribution in [2.45, 2.75) is 5.16 Å². The fourth-order valence-electron chi connectivity index (χ4n) is 2.00. The number of halogens is 1. The molecule has 0 bridgehead atoms. The van der Waals surface area contributed by atoms with Crippen LogP contribution in [-0.4, -0.2) is 28.6 Å². The van der Waals surface area contributed by atoms with Crippen LogP contribution in [0.1, 0.15) is 9.67 Å². The maximum Gasteiger partial charge on any atom is 0.188 e. The van der Waals surface area contributed by atoms with E-state index in [9.17, 15) is 4.79 Å². The van der Waals surface area contributed by atoms with Gasteiger partial charge in [-0.05, 0) is 42.5 Å². The molecule has 0 amide bonds. The minimum atomic E-state index is 0.0235. The van der Waals surface area contributed by atoms with E-state index in [4.69, 9.17) is 16.3 Å². The van der Waals surface area contributed by atoms with Crippen LogP contribution in [0.2, 0.25) is 4.34 Å². The molecule has 2 heterocycles. The summed E-state index contributed by atoms with van der Waals surface area (Å²) in [7, 11) is 1.63. The highest BCUT2D eigenvalue weighted by Crippen LogP contribution is 2.25. The number of thiophene rings is 1. The number of rotatable bonds is 6. The number of hydrogen-bond donors (Lipinski definition) is 0. The molecule has 0 saturated carbocycles. The van der Waals surface area contributed by atoms with Crippen LogP contribution in [0.5, 0.6) is 5.75 Å². The highest BCUT2D eigenvalue weighted by molar-refractivity contribution is 7.99. The molecule has 1 aromatic carbocycles. The SMILES string of the molecule is COc1ccc(-c2ccnc(SCC(=O)c3ccc(Cl)s3)n2)cc1. The number of methoxy groups -OCH3 is 1. The van der Waals surface area contributed by atoms with Gasteiger partial charge in [0, 0.05) is 11.8 Å². The number of ketones is 1. The number of carbonyl (C=O) groups is 1. The normalized spacial score (nSPS) is 10.6. The standard InChI is InChI=1S/C17H13ClN2O2S2/c1-22-12-4-2-11(3-5-12)13-8-9-19-17(20-13)23-10-14(21)15-6-7-16(18)24-15/h2-9H,10H2,1H3. The third kappa shape index (κ3) is 4.14. The molecule has 0 radical (unpaired) electrons. The summed E-state index contributed by atoms with van der Waals surface area (Å²) in [5.41, 5.74) is 1.78. The monoisotopic (exact) mass is 376 g/mol. The summed E-state index contributed by atoms with van der Waals surface area (Å²) in [4.78, 5) is 21.5. The van der Waals surface area contributed by atoms with Gasteiger partial charge in [-0.1, -0.05) is 23.4 Å². The predicted octanol–water partition coefficient (Wildman–Crippen LogP) is 4.84. The van der Waals surface area contributed by atoms with Gasteiger partial charge in [0.25, 0.3) is 0 Å². The van der Waals surface area contributed by atoms with Gasteiger partial charge in [-0.2, -0.15) is 0 Å². The van der Waals surface area contributed by atoms with Crippen LogP contribution in [0, 0.1) is 0 Å². The van der Waals surface area contributed by atoms with Gasteiger partial charge in [0.2, 0.25) is 0 Å². The third-order valence-corrected chi connectivity index (χ3v) is 5.33. The Balaban J connectivity index is 1.69. The fraction of sp³-hybridized carbons (Fsp3) is 0.118. The number of nitrogens with zero attached hydrogens (tertiary/aromatic N) is 2. The Labute approximate surface area is 152 Å². The van der Waals surface area contributed by atoms with Gasteiger partial charge in [0.15, 0.2) is 10.9 Å². The average molecular weight is 377 g/mol. The van der Waals surface area contributed by atoms with Gasteiger partial charge in [0.05, 0.1) is 27.8 Å². The molecule has 4 nitrogen and oxygen atoms in total. The minimum absolute atomic E-state index is 0.0235. The lowest BCUT2D eigenvalue weighted by atomic mass is 10.1. The van der Waals surface area contributed by atoms with E-state index >= 15 is 0 Å². The van der Waals surface area contributed by atoms with E-state index in [1.807, 2.05) is 30.3 Å². The molecule has 0 aliphatic heterocycles. The van der Waals surface area contributed by atoms with Crippen molar-refractivity contribution in [2.24, 2.45) is 0 Å². The highest BCUT2D eigenvalue weighted by Gasteiger charge is 2.11. The second-order valence-corrected chi connectivity index (χ2v) is 7.43. The van der Waals surface area contributed by atoms with Crippen molar-refractivity contribution in [1.82, 2.24) is 9.97 Å². The van der Waals surface area contributed by atoms with Crippen molar-refractivity contribution in [3.05, 3.63) is 57.9 Å². The summed E-state index contributed by atoms with van der Waals surface area (Å²) in [5.74, 6) is 1.10. The quantitative estimate of drug-likeness (QED) is 0.350. The first-order valence-corrected chi connectivity index (χ1v) is 9.22. The Bertz CT molecular complexity index is 850. The summed E-state index contributed by atoms with van der Waals surface area (Å²) >= 11 is 8.46. The summed E-state index contributed by atoms with van der Waals surface area (Å²) in [5, 5.41) is 0.569. The molecule has 3 aromatic rings.